The molecule has 0 bridgehead atoms. The van der Waals surface area contributed by atoms with Gasteiger partial charge in [-0.1, -0.05) is 6.58 Å². The van der Waals surface area contributed by atoms with E-state index in [9.17, 15) is 4.79 Å². The first-order valence-electron chi connectivity index (χ1n) is 3.76. The van der Waals surface area contributed by atoms with Crippen molar-refractivity contribution in [2.45, 2.75) is 19.3 Å². The van der Waals surface area contributed by atoms with E-state index in [2.05, 4.69) is 6.58 Å². The van der Waals surface area contributed by atoms with Gasteiger partial charge in [-0.25, -0.2) is 0 Å². The third kappa shape index (κ3) is 1.59. The molecule has 0 saturated carbocycles. The summed E-state index contributed by atoms with van der Waals surface area (Å²) in [7, 11) is 0. The Balaban J connectivity index is 2.38. The monoisotopic (exact) mass is 139 g/mol. The van der Waals surface area contributed by atoms with E-state index in [1.54, 1.807) is 0 Å². The second kappa shape index (κ2) is 3.40. The molecule has 56 valence electrons. The lowest BCUT2D eigenvalue weighted by atomic mass is 10.1. The molecule has 0 spiro atoms. The van der Waals surface area contributed by atoms with Gasteiger partial charge >= 0.3 is 0 Å². The van der Waals surface area contributed by atoms with Gasteiger partial charge in [0, 0.05) is 13.1 Å². The molecule has 0 aromatic carbocycles. The predicted octanol–water partition coefficient (Wildman–Crippen LogP) is 1.18. The van der Waals surface area contributed by atoms with E-state index in [1.165, 1.54) is 12.5 Å². The van der Waals surface area contributed by atoms with E-state index in [1.807, 2.05) is 4.90 Å². The summed E-state index contributed by atoms with van der Waals surface area (Å²) in [5, 5.41) is 0. The van der Waals surface area contributed by atoms with E-state index in [0.717, 1.165) is 25.9 Å². The molecule has 0 atom stereocenters. The third-order valence-corrected chi connectivity index (χ3v) is 1.84. The Bertz CT molecular complexity index is 136. The van der Waals surface area contributed by atoms with Crippen molar-refractivity contribution in [2.24, 2.45) is 0 Å². The number of piperidine rings is 1. The zero-order valence-electron chi connectivity index (χ0n) is 6.18. The summed E-state index contributed by atoms with van der Waals surface area (Å²) in [6, 6.07) is 0. The van der Waals surface area contributed by atoms with Crippen molar-refractivity contribution < 1.29 is 4.79 Å². The normalized spacial score (nSPS) is 18.6. The van der Waals surface area contributed by atoms with Crippen LogP contribution in [0.2, 0.25) is 0 Å². The van der Waals surface area contributed by atoms with E-state index in [0.29, 0.717) is 0 Å². The summed E-state index contributed by atoms with van der Waals surface area (Å²) < 4.78 is 0. The highest BCUT2D eigenvalue weighted by Gasteiger charge is 2.12. The maximum absolute atomic E-state index is 11.0. The number of likely N-dealkylation sites (tertiary alicyclic amines) is 1. The third-order valence-electron chi connectivity index (χ3n) is 1.84. The molecule has 1 aliphatic rings. The summed E-state index contributed by atoms with van der Waals surface area (Å²) in [5.41, 5.74) is 0. The van der Waals surface area contributed by atoms with Crippen LogP contribution in [0.1, 0.15) is 19.3 Å². The van der Waals surface area contributed by atoms with Crippen LogP contribution in [0.15, 0.2) is 12.7 Å². The van der Waals surface area contributed by atoms with Gasteiger partial charge in [-0.15, -0.1) is 0 Å². The molecule has 1 fully saturated rings. The highest BCUT2D eigenvalue weighted by Crippen LogP contribution is 2.08. The smallest absolute Gasteiger partial charge is 0.245 e. The zero-order chi connectivity index (χ0) is 7.40. The van der Waals surface area contributed by atoms with E-state index in [4.69, 9.17) is 0 Å². The molecule has 0 aromatic rings. The van der Waals surface area contributed by atoms with Crippen molar-refractivity contribution >= 4 is 5.91 Å². The lowest BCUT2D eigenvalue weighted by molar-refractivity contribution is -0.126. The van der Waals surface area contributed by atoms with Crippen LogP contribution >= 0.6 is 0 Å². The molecule has 0 unspecified atom stereocenters. The Labute approximate surface area is 61.5 Å². The van der Waals surface area contributed by atoms with Gasteiger partial charge in [-0.2, -0.15) is 0 Å². The fourth-order valence-corrected chi connectivity index (χ4v) is 1.24. The molecule has 0 N–H and O–H groups in total. The van der Waals surface area contributed by atoms with Crippen LogP contribution < -0.4 is 0 Å². The molecule has 1 heterocycles. The van der Waals surface area contributed by atoms with Crippen LogP contribution in [0.5, 0.6) is 0 Å². The van der Waals surface area contributed by atoms with Gasteiger partial charge in [0.2, 0.25) is 5.91 Å². The molecule has 2 heteroatoms. The van der Waals surface area contributed by atoms with Crippen molar-refractivity contribution in [3.05, 3.63) is 12.7 Å². The topological polar surface area (TPSA) is 20.3 Å². The van der Waals surface area contributed by atoms with Crippen molar-refractivity contribution in [3.8, 4) is 0 Å². The van der Waals surface area contributed by atoms with Crippen LogP contribution in [-0.4, -0.2) is 23.9 Å². The average molecular weight is 139 g/mol. The number of hydrogen-bond donors (Lipinski definition) is 0. The van der Waals surface area contributed by atoms with Gasteiger partial charge in [0.05, 0.1) is 0 Å². The lowest BCUT2D eigenvalue weighted by Gasteiger charge is -2.25. The number of nitrogens with zero attached hydrogens (tertiary/aromatic N) is 1. The van der Waals surface area contributed by atoms with Gasteiger partial charge in [-0.05, 0) is 25.3 Å². The maximum atomic E-state index is 11.0. The van der Waals surface area contributed by atoms with Gasteiger partial charge in [0.1, 0.15) is 0 Å². The van der Waals surface area contributed by atoms with Crippen molar-refractivity contribution in [1.82, 2.24) is 4.90 Å². The second-order valence-electron chi connectivity index (χ2n) is 2.59. The van der Waals surface area contributed by atoms with E-state index in [-0.39, 0.29) is 5.91 Å². The Kier molecular flexibility index (Phi) is 2.49. The first-order chi connectivity index (χ1) is 4.84. The van der Waals surface area contributed by atoms with Crippen molar-refractivity contribution in [3.63, 3.8) is 0 Å². The van der Waals surface area contributed by atoms with E-state index < -0.39 is 0 Å². The fraction of sp³-hybridized carbons (Fsp3) is 0.625. The second-order valence-corrected chi connectivity index (χ2v) is 2.59. The number of amides is 1. The summed E-state index contributed by atoms with van der Waals surface area (Å²) in [5.74, 6) is 0.0831. The molecule has 1 saturated heterocycles. The predicted molar refractivity (Wildman–Crippen MR) is 40.6 cm³/mol. The molecule has 2 nitrogen and oxygen atoms in total. The summed E-state index contributed by atoms with van der Waals surface area (Å²) in [6.07, 6.45) is 4.96. The first kappa shape index (κ1) is 7.32. The van der Waals surface area contributed by atoms with Crippen LogP contribution in [-0.2, 0) is 4.79 Å². The van der Waals surface area contributed by atoms with Crippen LogP contribution in [0.25, 0.3) is 0 Å². The van der Waals surface area contributed by atoms with E-state index >= 15 is 0 Å². The molecule has 0 aliphatic carbocycles. The van der Waals surface area contributed by atoms with Gasteiger partial charge in [-0.3, -0.25) is 4.79 Å². The molecular weight excluding hydrogens is 126 g/mol. The number of rotatable bonds is 1. The SMILES string of the molecule is C=CC(=O)N1CCCCC1. The number of carbonyl (C=O) groups excluding carboxylic acids is 1. The standard InChI is InChI=1S/C8H13NO/c1-2-8(10)9-6-4-3-5-7-9/h2H,1,3-7H2. The quantitative estimate of drug-likeness (QED) is 0.500. The Morgan fingerprint density at radius 2 is 1.90 bits per heavy atom. The molecule has 0 aromatic heterocycles. The summed E-state index contributed by atoms with van der Waals surface area (Å²) in [6.45, 7) is 5.29. The molecule has 10 heavy (non-hydrogen) atoms. The maximum Gasteiger partial charge on any atom is 0.245 e. The summed E-state index contributed by atoms with van der Waals surface area (Å²) >= 11 is 0. The summed E-state index contributed by atoms with van der Waals surface area (Å²) in [4.78, 5) is 12.8. The minimum absolute atomic E-state index is 0.0831. The minimum Gasteiger partial charge on any atom is -0.339 e. The Morgan fingerprint density at radius 3 is 2.40 bits per heavy atom. The minimum atomic E-state index is 0.0831. The van der Waals surface area contributed by atoms with Gasteiger partial charge < -0.3 is 4.90 Å². The zero-order valence-corrected chi connectivity index (χ0v) is 6.18. The lowest BCUT2D eigenvalue weighted by Crippen LogP contribution is -2.34. The van der Waals surface area contributed by atoms with Crippen molar-refractivity contribution in [1.29, 1.82) is 0 Å². The number of hydrogen-bond acceptors (Lipinski definition) is 1. The van der Waals surface area contributed by atoms with Gasteiger partial charge in [0.25, 0.3) is 0 Å². The molecule has 1 aliphatic heterocycles. The van der Waals surface area contributed by atoms with Crippen LogP contribution in [0.3, 0.4) is 0 Å². The largest absolute Gasteiger partial charge is 0.339 e. The Morgan fingerprint density at radius 1 is 1.30 bits per heavy atom. The van der Waals surface area contributed by atoms with Crippen molar-refractivity contribution in [2.75, 3.05) is 13.1 Å². The number of carbonyl (C=O) groups is 1. The molecule has 1 amide bonds. The van der Waals surface area contributed by atoms with Gasteiger partial charge in [0.15, 0.2) is 0 Å². The van der Waals surface area contributed by atoms with Crippen LogP contribution in [0.4, 0.5) is 0 Å². The Hall–Kier alpha value is -0.790. The highest BCUT2D eigenvalue weighted by molar-refractivity contribution is 5.86. The van der Waals surface area contributed by atoms with Crippen LogP contribution in [0, 0.1) is 0 Å². The first-order valence-corrected chi connectivity index (χ1v) is 3.76. The molecule has 0 radical (unpaired) electrons. The average Bonchev–Trinajstić information content (AvgIpc) is 2.05. The fourth-order valence-electron chi connectivity index (χ4n) is 1.24. The highest BCUT2D eigenvalue weighted by atomic mass is 16.2. The molecule has 1 rings (SSSR count). The molecular formula is C8H13NO.